The lowest BCUT2D eigenvalue weighted by Crippen LogP contribution is -2.25. The van der Waals surface area contributed by atoms with Gasteiger partial charge in [-0.05, 0) is 33.6 Å². The first-order chi connectivity index (χ1) is 12.2. The number of halogens is 1. The summed E-state index contributed by atoms with van der Waals surface area (Å²) < 4.78 is 18.7. The van der Waals surface area contributed by atoms with Gasteiger partial charge in [-0.2, -0.15) is 0 Å². The second-order valence-electron chi connectivity index (χ2n) is 5.60. The van der Waals surface area contributed by atoms with Crippen molar-refractivity contribution in [1.82, 2.24) is 9.88 Å². The van der Waals surface area contributed by atoms with Crippen molar-refractivity contribution in [3.05, 3.63) is 58.9 Å². The highest BCUT2D eigenvalue weighted by Crippen LogP contribution is 2.32. The van der Waals surface area contributed by atoms with Crippen LogP contribution >= 0.6 is 15.9 Å². The molecule has 0 unspecified atom stereocenters. The molecule has 0 spiro atoms. The van der Waals surface area contributed by atoms with Crippen LogP contribution in [0.5, 0.6) is 11.5 Å². The molecule has 1 N–H and O–H groups in total. The third kappa shape index (κ3) is 2.91. The Morgan fingerprint density at radius 2 is 2.12 bits per heavy atom. The summed E-state index contributed by atoms with van der Waals surface area (Å²) in [5.41, 5.74) is 2.97. The van der Waals surface area contributed by atoms with Gasteiger partial charge >= 0.3 is 0 Å². The van der Waals surface area contributed by atoms with Crippen LogP contribution in [0.1, 0.15) is 16.1 Å². The number of benzene rings is 1. The molecule has 6 nitrogen and oxygen atoms in total. The molecule has 0 aliphatic carbocycles. The minimum Gasteiger partial charge on any atom is -0.454 e. The van der Waals surface area contributed by atoms with Crippen LogP contribution in [-0.2, 0) is 13.1 Å². The van der Waals surface area contributed by atoms with Crippen molar-refractivity contribution in [1.29, 1.82) is 0 Å². The number of hydrogen-bond donors (Lipinski definition) is 1. The van der Waals surface area contributed by atoms with Crippen LogP contribution in [0.3, 0.4) is 0 Å². The lowest BCUT2D eigenvalue weighted by Gasteiger charge is -2.09. The first-order valence-electron chi connectivity index (χ1n) is 7.72. The first-order valence-corrected chi connectivity index (χ1v) is 8.51. The van der Waals surface area contributed by atoms with E-state index in [1.54, 1.807) is 12.1 Å². The molecule has 3 aromatic rings. The van der Waals surface area contributed by atoms with E-state index in [0.29, 0.717) is 34.8 Å². The van der Waals surface area contributed by atoms with Gasteiger partial charge in [-0.25, -0.2) is 0 Å². The van der Waals surface area contributed by atoms with Gasteiger partial charge in [-0.1, -0.05) is 12.1 Å². The van der Waals surface area contributed by atoms with Crippen LogP contribution in [0.15, 0.2) is 52.1 Å². The van der Waals surface area contributed by atoms with E-state index in [1.807, 2.05) is 28.8 Å². The van der Waals surface area contributed by atoms with Gasteiger partial charge in [0.05, 0.1) is 5.52 Å². The number of rotatable bonds is 5. The molecule has 7 heteroatoms. The number of nitrogens with one attached hydrogen (secondary N) is 1. The Balaban J connectivity index is 1.54. The Bertz CT molecular complexity index is 973. The lowest BCUT2D eigenvalue weighted by molar-refractivity contribution is 0.0942. The zero-order chi connectivity index (χ0) is 17.4. The second kappa shape index (κ2) is 6.33. The fourth-order valence-electron chi connectivity index (χ4n) is 2.85. The molecule has 1 aliphatic rings. The van der Waals surface area contributed by atoms with E-state index in [1.165, 1.54) is 0 Å². The maximum atomic E-state index is 12.6. The smallest absolute Gasteiger partial charge is 0.268 e. The van der Waals surface area contributed by atoms with E-state index in [-0.39, 0.29) is 12.7 Å². The van der Waals surface area contributed by atoms with Crippen molar-refractivity contribution in [2.45, 2.75) is 13.1 Å². The Morgan fingerprint density at radius 3 is 2.96 bits per heavy atom. The first kappa shape index (κ1) is 15.8. The van der Waals surface area contributed by atoms with Crippen molar-refractivity contribution in [3.8, 4) is 11.5 Å². The molecule has 0 saturated carbocycles. The Hall–Kier alpha value is -2.67. The molecular formula is C18H15BrN2O4. The summed E-state index contributed by atoms with van der Waals surface area (Å²) in [6.07, 6.45) is 1.75. The number of hydrogen-bond acceptors (Lipinski definition) is 4. The van der Waals surface area contributed by atoms with Gasteiger partial charge in [0.2, 0.25) is 6.79 Å². The normalized spacial score (nSPS) is 12.5. The van der Waals surface area contributed by atoms with Crippen LogP contribution in [0.25, 0.3) is 11.1 Å². The summed E-state index contributed by atoms with van der Waals surface area (Å²) in [7, 11) is 0. The van der Waals surface area contributed by atoms with Gasteiger partial charge in [-0.3, -0.25) is 4.79 Å². The molecule has 0 radical (unpaired) electrons. The summed E-state index contributed by atoms with van der Waals surface area (Å²) in [6, 6.07) is 9.19. The molecule has 128 valence electrons. The third-order valence-corrected chi connectivity index (χ3v) is 4.38. The maximum Gasteiger partial charge on any atom is 0.268 e. The average molecular weight is 403 g/mol. The van der Waals surface area contributed by atoms with Crippen LogP contribution < -0.4 is 14.8 Å². The number of ether oxygens (including phenoxy) is 2. The number of amides is 1. The van der Waals surface area contributed by atoms with Gasteiger partial charge in [0.1, 0.15) is 5.69 Å². The van der Waals surface area contributed by atoms with Gasteiger partial charge < -0.3 is 23.8 Å². The fraction of sp³-hybridized carbons (Fsp3) is 0.167. The summed E-state index contributed by atoms with van der Waals surface area (Å²) in [5, 5.41) is 2.93. The molecular weight excluding hydrogens is 388 g/mol. The predicted molar refractivity (Wildman–Crippen MR) is 95.8 cm³/mol. The van der Waals surface area contributed by atoms with Crippen LogP contribution in [0, 0.1) is 0 Å². The molecule has 0 bridgehead atoms. The SMILES string of the molecule is C=CCn1c(C(=O)NCc2ccc3c(c2)OCO3)cc2oc(Br)cc21. The molecule has 1 amide bonds. The maximum absolute atomic E-state index is 12.6. The fourth-order valence-corrected chi connectivity index (χ4v) is 3.24. The van der Waals surface area contributed by atoms with E-state index < -0.39 is 0 Å². The quantitative estimate of drug-likeness (QED) is 0.658. The summed E-state index contributed by atoms with van der Waals surface area (Å²) in [4.78, 5) is 12.6. The molecule has 25 heavy (non-hydrogen) atoms. The van der Waals surface area contributed by atoms with E-state index >= 15 is 0 Å². The van der Waals surface area contributed by atoms with Crippen molar-refractivity contribution in [2.24, 2.45) is 0 Å². The second-order valence-corrected chi connectivity index (χ2v) is 6.38. The number of fused-ring (bicyclic) bond motifs is 2. The number of furan rings is 1. The molecule has 2 aromatic heterocycles. The molecule has 0 fully saturated rings. The largest absolute Gasteiger partial charge is 0.454 e. The Kier molecular flexibility index (Phi) is 4.01. The molecule has 3 heterocycles. The molecule has 1 aromatic carbocycles. The van der Waals surface area contributed by atoms with Crippen molar-refractivity contribution >= 4 is 32.9 Å². The highest BCUT2D eigenvalue weighted by molar-refractivity contribution is 9.10. The summed E-state index contributed by atoms with van der Waals surface area (Å²) in [5.74, 6) is 1.24. The average Bonchev–Trinajstić information content (AvgIpc) is 3.28. The van der Waals surface area contributed by atoms with Gasteiger partial charge in [0, 0.05) is 25.2 Å². The van der Waals surface area contributed by atoms with Crippen molar-refractivity contribution in [2.75, 3.05) is 6.79 Å². The topological polar surface area (TPSA) is 65.6 Å². The van der Waals surface area contributed by atoms with Crippen LogP contribution in [0.4, 0.5) is 0 Å². The van der Waals surface area contributed by atoms with Crippen LogP contribution in [0.2, 0.25) is 0 Å². The molecule has 0 saturated heterocycles. The summed E-state index contributed by atoms with van der Waals surface area (Å²) in [6.45, 7) is 4.89. The van der Waals surface area contributed by atoms with Crippen molar-refractivity contribution in [3.63, 3.8) is 0 Å². The van der Waals surface area contributed by atoms with E-state index in [2.05, 4.69) is 27.8 Å². The summed E-state index contributed by atoms with van der Waals surface area (Å²) >= 11 is 3.31. The highest BCUT2D eigenvalue weighted by Gasteiger charge is 2.18. The molecule has 0 atom stereocenters. The number of aromatic nitrogens is 1. The standard InChI is InChI=1S/C18H15BrN2O4/c1-2-5-21-12-8-17(19)25-15(12)7-13(21)18(22)20-9-11-3-4-14-16(6-11)24-10-23-14/h2-4,6-8H,1,5,9-10H2,(H,20,22). The number of carbonyl (C=O) groups excluding carboxylic acids is 1. The zero-order valence-corrected chi connectivity index (χ0v) is 14.8. The number of allylic oxidation sites excluding steroid dienone is 1. The van der Waals surface area contributed by atoms with Crippen LogP contribution in [-0.4, -0.2) is 17.3 Å². The lowest BCUT2D eigenvalue weighted by atomic mass is 10.2. The Morgan fingerprint density at radius 1 is 1.28 bits per heavy atom. The van der Waals surface area contributed by atoms with E-state index in [0.717, 1.165) is 16.8 Å². The minimum absolute atomic E-state index is 0.179. The van der Waals surface area contributed by atoms with Gasteiger partial charge in [0.25, 0.3) is 5.91 Å². The molecule has 1 aliphatic heterocycles. The monoisotopic (exact) mass is 402 g/mol. The zero-order valence-electron chi connectivity index (χ0n) is 13.3. The van der Waals surface area contributed by atoms with E-state index in [4.69, 9.17) is 13.9 Å². The third-order valence-electron chi connectivity index (χ3n) is 3.99. The van der Waals surface area contributed by atoms with Gasteiger partial charge in [0.15, 0.2) is 21.8 Å². The predicted octanol–water partition coefficient (Wildman–Crippen LogP) is 3.84. The number of nitrogens with zero attached hydrogens (tertiary/aromatic N) is 1. The Labute approximate surface area is 152 Å². The molecule has 4 rings (SSSR count). The minimum atomic E-state index is -0.179. The van der Waals surface area contributed by atoms with Crippen molar-refractivity contribution < 1.29 is 18.7 Å². The van der Waals surface area contributed by atoms with Gasteiger partial charge in [-0.15, -0.1) is 6.58 Å². The highest BCUT2D eigenvalue weighted by atomic mass is 79.9. The van der Waals surface area contributed by atoms with E-state index in [9.17, 15) is 4.79 Å². The number of carbonyl (C=O) groups is 1.